The minimum absolute atomic E-state index is 0.0443. The van der Waals surface area contributed by atoms with E-state index in [1.165, 1.54) is 0 Å². The molecule has 2 aromatic rings. The monoisotopic (exact) mass is 333 g/mol. The molecule has 1 aliphatic rings. The van der Waals surface area contributed by atoms with Crippen LogP contribution in [0.15, 0.2) is 51.6 Å². The molecular formula is C16H16BrNO2. The van der Waals surface area contributed by atoms with Crippen LogP contribution >= 0.6 is 15.9 Å². The maximum absolute atomic E-state index is 12.8. The number of carbonyl (C=O) groups is 1. The molecular weight excluding hydrogens is 318 g/mol. The second-order valence-electron chi connectivity index (χ2n) is 5.11. The van der Waals surface area contributed by atoms with Crippen molar-refractivity contribution in [2.75, 3.05) is 0 Å². The average Bonchev–Trinajstić information content (AvgIpc) is 3.12. The average molecular weight is 334 g/mol. The van der Waals surface area contributed by atoms with E-state index in [0.29, 0.717) is 11.6 Å². The smallest absolute Gasteiger partial charge is 0.255 e. The summed E-state index contributed by atoms with van der Waals surface area (Å²) < 4.78 is 6.30. The highest BCUT2D eigenvalue weighted by Gasteiger charge is 2.38. The summed E-state index contributed by atoms with van der Waals surface area (Å²) in [5.74, 6) is 0.890. The van der Waals surface area contributed by atoms with Gasteiger partial charge in [0.05, 0.1) is 17.9 Å². The third-order valence-corrected chi connectivity index (χ3v) is 4.34. The van der Waals surface area contributed by atoms with Crippen LogP contribution in [0.1, 0.15) is 41.9 Å². The zero-order chi connectivity index (χ0) is 14.1. The van der Waals surface area contributed by atoms with Crippen LogP contribution in [0, 0.1) is 0 Å². The molecule has 0 bridgehead atoms. The number of benzene rings is 1. The standard InChI is InChI=1S/C16H16BrNO2/c1-11(15-7-4-10-20-15)18(12-8-9-12)16(19)13-5-2-3-6-14(13)17/h2-7,10-12H,8-9H2,1H3. The highest BCUT2D eigenvalue weighted by molar-refractivity contribution is 9.10. The Labute approximate surface area is 126 Å². The summed E-state index contributed by atoms with van der Waals surface area (Å²) in [4.78, 5) is 14.8. The number of hydrogen-bond donors (Lipinski definition) is 0. The predicted molar refractivity (Wildman–Crippen MR) is 80.5 cm³/mol. The van der Waals surface area contributed by atoms with Crippen LogP contribution in [-0.4, -0.2) is 16.8 Å². The maximum Gasteiger partial charge on any atom is 0.255 e. The molecule has 104 valence electrons. The van der Waals surface area contributed by atoms with Gasteiger partial charge in [-0.2, -0.15) is 0 Å². The molecule has 1 unspecified atom stereocenters. The molecule has 1 atom stereocenters. The van der Waals surface area contributed by atoms with Crippen LogP contribution < -0.4 is 0 Å². The fourth-order valence-corrected chi connectivity index (χ4v) is 2.90. The largest absolute Gasteiger partial charge is 0.467 e. The molecule has 0 saturated heterocycles. The van der Waals surface area contributed by atoms with Gasteiger partial charge in [-0.3, -0.25) is 4.79 Å². The number of rotatable bonds is 4. The molecule has 1 fully saturated rings. The molecule has 0 N–H and O–H groups in total. The first-order chi connectivity index (χ1) is 9.68. The van der Waals surface area contributed by atoms with Gasteiger partial charge in [0.1, 0.15) is 5.76 Å². The number of nitrogens with zero attached hydrogens (tertiary/aromatic N) is 1. The fourth-order valence-electron chi connectivity index (χ4n) is 2.45. The summed E-state index contributed by atoms with van der Waals surface area (Å²) in [6.07, 6.45) is 3.79. The van der Waals surface area contributed by atoms with Gasteiger partial charge in [-0.15, -0.1) is 0 Å². The van der Waals surface area contributed by atoms with E-state index in [9.17, 15) is 4.79 Å². The molecule has 1 heterocycles. The number of furan rings is 1. The van der Waals surface area contributed by atoms with Gasteiger partial charge in [-0.05, 0) is 60.0 Å². The molecule has 1 saturated carbocycles. The normalized spacial score (nSPS) is 15.9. The van der Waals surface area contributed by atoms with Crippen LogP contribution in [0.3, 0.4) is 0 Å². The van der Waals surface area contributed by atoms with E-state index in [1.54, 1.807) is 6.26 Å². The van der Waals surface area contributed by atoms with Crippen LogP contribution in [-0.2, 0) is 0 Å². The van der Waals surface area contributed by atoms with Crippen molar-refractivity contribution in [1.29, 1.82) is 0 Å². The summed E-state index contributed by atoms with van der Waals surface area (Å²) in [7, 11) is 0. The lowest BCUT2D eigenvalue weighted by molar-refractivity contribution is 0.0652. The highest BCUT2D eigenvalue weighted by Crippen LogP contribution is 2.36. The number of amides is 1. The SMILES string of the molecule is CC(c1ccco1)N(C(=O)c1ccccc1Br)C1CC1. The third-order valence-electron chi connectivity index (χ3n) is 3.65. The van der Waals surface area contributed by atoms with E-state index in [2.05, 4.69) is 15.9 Å². The molecule has 3 nitrogen and oxygen atoms in total. The Morgan fingerprint density at radius 1 is 1.30 bits per heavy atom. The second kappa shape index (κ2) is 5.44. The Hall–Kier alpha value is -1.55. The summed E-state index contributed by atoms with van der Waals surface area (Å²) in [5.41, 5.74) is 0.706. The van der Waals surface area contributed by atoms with Crippen molar-refractivity contribution in [3.63, 3.8) is 0 Å². The fraction of sp³-hybridized carbons (Fsp3) is 0.312. The second-order valence-corrected chi connectivity index (χ2v) is 5.97. The van der Waals surface area contributed by atoms with Crippen molar-refractivity contribution >= 4 is 21.8 Å². The Bertz CT molecular complexity index is 605. The van der Waals surface area contributed by atoms with Gasteiger partial charge in [0.25, 0.3) is 5.91 Å². The van der Waals surface area contributed by atoms with E-state index in [0.717, 1.165) is 23.1 Å². The van der Waals surface area contributed by atoms with Crippen LogP contribution in [0.5, 0.6) is 0 Å². The molecule has 1 aromatic carbocycles. The van der Waals surface area contributed by atoms with Crippen LogP contribution in [0.25, 0.3) is 0 Å². The van der Waals surface area contributed by atoms with E-state index in [4.69, 9.17) is 4.42 Å². The van der Waals surface area contributed by atoms with Crippen molar-refractivity contribution < 1.29 is 9.21 Å². The first-order valence-corrected chi connectivity index (χ1v) is 7.58. The Kier molecular flexibility index (Phi) is 3.66. The topological polar surface area (TPSA) is 33.5 Å². The lowest BCUT2D eigenvalue weighted by atomic mass is 10.1. The lowest BCUT2D eigenvalue weighted by Crippen LogP contribution is -2.35. The van der Waals surface area contributed by atoms with Crippen molar-refractivity contribution in [3.05, 3.63) is 58.5 Å². The van der Waals surface area contributed by atoms with Gasteiger partial charge < -0.3 is 9.32 Å². The molecule has 1 aliphatic carbocycles. The van der Waals surface area contributed by atoms with Gasteiger partial charge in [0.15, 0.2) is 0 Å². The Morgan fingerprint density at radius 2 is 2.05 bits per heavy atom. The molecule has 4 heteroatoms. The van der Waals surface area contributed by atoms with Gasteiger partial charge >= 0.3 is 0 Å². The third kappa shape index (κ3) is 2.52. The molecule has 1 aromatic heterocycles. The molecule has 3 rings (SSSR count). The number of carbonyl (C=O) groups excluding carboxylic acids is 1. The van der Waals surface area contributed by atoms with E-state index >= 15 is 0 Å². The number of halogens is 1. The summed E-state index contributed by atoms with van der Waals surface area (Å²) in [5, 5.41) is 0. The van der Waals surface area contributed by atoms with Gasteiger partial charge in [0.2, 0.25) is 0 Å². The minimum atomic E-state index is -0.0443. The molecule has 0 spiro atoms. The molecule has 1 amide bonds. The predicted octanol–water partition coefficient (Wildman–Crippen LogP) is 4.41. The molecule has 0 radical (unpaired) electrons. The summed E-state index contributed by atoms with van der Waals surface area (Å²) in [6, 6.07) is 11.6. The van der Waals surface area contributed by atoms with Crippen molar-refractivity contribution in [3.8, 4) is 0 Å². The van der Waals surface area contributed by atoms with E-state index < -0.39 is 0 Å². The van der Waals surface area contributed by atoms with Crippen LogP contribution in [0.4, 0.5) is 0 Å². The van der Waals surface area contributed by atoms with Crippen molar-refractivity contribution in [2.24, 2.45) is 0 Å². The quantitative estimate of drug-likeness (QED) is 0.830. The van der Waals surface area contributed by atoms with Gasteiger partial charge in [0, 0.05) is 10.5 Å². The lowest BCUT2D eigenvalue weighted by Gasteiger charge is -2.28. The summed E-state index contributed by atoms with van der Waals surface area (Å²) >= 11 is 3.46. The zero-order valence-corrected chi connectivity index (χ0v) is 12.8. The van der Waals surface area contributed by atoms with E-state index in [1.807, 2.05) is 48.2 Å². The Morgan fingerprint density at radius 3 is 2.65 bits per heavy atom. The van der Waals surface area contributed by atoms with Crippen molar-refractivity contribution in [1.82, 2.24) is 4.90 Å². The zero-order valence-electron chi connectivity index (χ0n) is 11.3. The Balaban J connectivity index is 1.91. The summed E-state index contributed by atoms with van der Waals surface area (Å²) in [6.45, 7) is 2.02. The van der Waals surface area contributed by atoms with Crippen molar-refractivity contribution in [2.45, 2.75) is 31.8 Å². The van der Waals surface area contributed by atoms with E-state index in [-0.39, 0.29) is 11.9 Å². The highest BCUT2D eigenvalue weighted by atomic mass is 79.9. The molecule has 0 aliphatic heterocycles. The van der Waals surface area contributed by atoms with Crippen LogP contribution in [0.2, 0.25) is 0 Å². The first kappa shape index (κ1) is 13.4. The van der Waals surface area contributed by atoms with Gasteiger partial charge in [-0.1, -0.05) is 12.1 Å². The minimum Gasteiger partial charge on any atom is -0.467 e. The maximum atomic E-state index is 12.8. The van der Waals surface area contributed by atoms with Gasteiger partial charge in [-0.25, -0.2) is 0 Å². The molecule has 20 heavy (non-hydrogen) atoms. The number of hydrogen-bond acceptors (Lipinski definition) is 2. The first-order valence-electron chi connectivity index (χ1n) is 6.79.